The van der Waals surface area contributed by atoms with Gasteiger partial charge in [-0.25, -0.2) is 0 Å². The van der Waals surface area contributed by atoms with Crippen molar-refractivity contribution in [2.45, 2.75) is 6.04 Å². The van der Waals surface area contributed by atoms with Gasteiger partial charge in [-0.1, -0.05) is 58.4 Å². The third-order valence-electron chi connectivity index (χ3n) is 3.43. The molecule has 1 aromatic heterocycles. The average Bonchev–Trinajstić information content (AvgIpc) is 3.13. The summed E-state index contributed by atoms with van der Waals surface area (Å²) in [7, 11) is 0. The van der Waals surface area contributed by atoms with E-state index in [0.29, 0.717) is 5.75 Å². The molecule has 1 atom stereocenters. The lowest BCUT2D eigenvalue weighted by molar-refractivity contribution is -0.123. The van der Waals surface area contributed by atoms with Gasteiger partial charge in [0.05, 0.1) is 6.04 Å². The Bertz CT molecular complexity index is 790. The largest absolute Gasteiger partial charge is 0.484 e. The molecule has 0 spiro atoms. The minimum Gasteiger partial charge on any atom is -0.484 e. The summed E-state index contributed by atoms with van der Waals surface area (Å²) < 4.78 is 6.48. The van der Waals surface area contributed by atoms with Crippen molar-refractivity contribution < 1.29 is 9.53 Å². The fraction of sp³-hybridized carbons (Fsp3) is 0.105. The Morgan fingerprint density at radius 2 is 1.92 bits per heavy atom. The molecule has 2 aromatic carbocycles. The fourth-order valence-corrected chi connectivity index (χ4v) is 3.51. The standard InChI is InChI=1S/C19H16BrNO2S/c20-15-8-4-9-16(12-15)23-13-18(22)21-19(17-10-5-11-24-17)14-6-2-1-3-7-14/h1-12,19H,13H2,(H,21,22)/t19-/m1/s1. The zero-order chi connectivity index (χ0) is 16.8. The van der Waals surface area contributed by atoms with E-state index in [4.69, 9.17) is 4.74 Å². The molecular weight excluding hydrogens is 386 g/mol. The van der Waals surface area contributed by atoms with Gasteiger partial charge < -0.3 is 10.1 Å². The van der Waals surface area contributed by atoms with Crippen LogP contribution in [0.25, 0.3) is 0 Å². The van der Waals surface area contributed by atoms with Gasteiger partial charge in [-0.2, -0.15) is 0 Å². The first-order valence-corrected chi connectivity index (χ1v) is 9.16. The lowest BCUT2D eigenvalue weighted by Crippen LogP contribution is -2.32. The highest BCUT2D eigenvalue weighted by Crippen LogP contribution is 2.26. The summed E-state index contributed by atoms with van der Waals surface area (Å²) in [4.78, 5) is 13.4. The van der Waals surface area contributed by atoms with Crippen molar-refractivity contribution in [3.63, 3.8) is 0 Å². The van der Waals surface area contributed by atoms with Gasteiger partial charge in [-0.3, -0.25) is 4.79 Å². The van der Waals surface area contributed by atoms with E-state index in [0.717, 1.165) is 14.9 Å². The first-order valence-electron chi connectivity index (χ1n) is 7.48. The van der Waals surface area contributed by atoms with Crippen LogP contribution in [0.2, 0.25) is 0 Å². The van der Waals surface area contributed by atoms with E-state index in [1.165, 1.54) is 0 Å². The number of carbonyl (C=O) groups excluding carboxylic acids is 1. The molecule has 0 aliphatic carbocycles. The Morgan fingerprint density at radius 1 is 1.08 bits per heavy atom. The molecule has 1 N–H and O–H groups in total. The van der Waals surface area contributed by atoms with Crippen LogP contribution in [-0.2, 0) is 4.79 Å². The number of amides is 1. The summed E-state index contributed by atoms with van der Waals surface area (Å²) in [5.41, 5.74) is 1.05. The van der Waals surface area contributed by atoms with E-state index in [9.17, 15) is 4.79 Å². The maximum Gasteiger partial charge on any atom is 0.258 e. The molecule has 3 rings (SSSR count). The topological polar surface area (TPSA) is 38.3 Å². The van der Waals surface area contributed by atoms with Gasteiger partial charge in [0.15, 0.2) is 6.61 Å². The van der Waals surface area contributed by atoms with Crippen molar-refractivity contribution in [1.82, 2.24) is 5.32 Å². The second-order valence-corrected chi connectivity index (χ2v) is 7.07. The lowest BCUT2D eigenvalue weighted by Gasteiger charge is -2.18. The van der Waals surface area contributed by atoms with Gasteiger partial charge in [0, 0.05) is 9.35 Å². The van der Waals surface area contributed by atoms with E-state index < -0.39 is 0 Å². The summed E-state index contributed by atoms with van der Waals surface area (Å²) in [6.45, 7) is -0.0227. The molecule has 0 bridgehead atoms. The second kappa shape index (κ2) is 8.13. The molecule has 1 amide bonds. The number of hydrogen-bond donors (Lipinski definition) is 1. The highest BCUT2D eigenvalue weighted by atomic mass is 79.9. The highest BCUT2D eigenvalue weighted by molar-refractivity contribution is 9.10. The number of nitrogens with one attached hydrogen (secondary N) is 1. The molecule has 0 unspecified atom stereocenters. The number of ether oxygens (including phenoxy) is 1. The van der Waals surface area contributed by atoms with Gasteiger partial charge in [0.1, 0.15) is 5.75 Å². The number of halogens is 1. The Morgan fingerprint density at radius 3 is 2.62 bits per heavy atom. The molecule has 3 nitrogen and oxygen atoms in total. The van der Waals surface area contributed by atoms with Gasteiger partial charge in [0.2, 0.25) is 0 Å². The first kappa shape index (κ1) is 16.7. The van der Waals surface area contributed by atoms with Crippen LogP contribution in [0.3, 0.4) is 0 Å². The molecule has 0 fully saturated rings. The van der Waals surface area contributed by atoms with Crippen molar-refractivity contribution in [1.29, 1.82) is 0 Å². The van der Waals surface area contributed by atoms with Crippen LogP contribution >= 0.6 is 27.3 Å². The number of hydrogen-bond acceptors (Lipinski definition) is 3. The molecule has 3 aromatic rings. The van der Waals surface area contributed by atoms with Crippen LogP contribution in [0.1, 0.15) is 16.5 Å². The van der Waals surface area contributed by atoms with Crippen LogP contribution < -0.4 is 10.1 Å². The minimum absolute atomic E-state index is 0.0227. The zero-order valence-corrected chi connectivity index (χ0v) is 15.2. The second-order valence-electron chi connectivity index (χ2n) is 5.17. The van der Waals surface area contributed by atoms with E-state index in [-0.39, 0.29) is 18.6 Å². The first-order chi connectivity index (χ1) is 11.7. The molecule has 0 saturated heterocycles. The molecule has 5 heteroatoms. The molecule has 0 radical (unpaired) electrons. The van der Waals surface area contributed by atoms with Crippen LogP contribution in [0.5, 0.6) is 5.75 Å². The van der Waals surface area contributed by atoms with Gasteiger partial charge in [-0.15, -0.1) is 11.3 Å². The molecule has 1 heterocycles. The molecule has 0 aliphatic rings. The predicted octanol–water partition coefficient (Wildman–Crippen LogP) is 4.80. The molecule has 0 aliphatic heterocycles. The van der Waals surface area contributed by atoms with Crippen LogP contribution in [0.15, 0.2) is 76.6 Å². The molecular formula is C19H16BrNO2S. The van der Waals surface area contributed by atoms with Crippen LogP contribution in [-0.4, -0.2) is 12.5 Å². The third kappa shape index (κ3) is 4.46. The van der Waals surface area contributed by atoms with Crippen LogP contribution in [0, 0.1) is 0 Å². The van der Waals surface area contributed by atoms with Gasteiger partial charge >= 0.3 is 0 Å². The van der Waals surface area contributed by atoms with Crippen molar-refractivity contribution in [2.75, 3.05) is 6.61 Å². The number of benzene rings is 2. The Hall–Kier alpha value is -2.11. The van der Waals surface area contributed by atoms with Crippen LogP contribution in [0.4, 0.5) is 0 Å². The van der Waals surface area contributed by atoms with Crippen molar-refractivity contribution in [2.24, 2.45) is 0 Å². The fourth-order valence-electron chi connectivity index (χ4n) is 2.33. The number of thiophene rings is 1. The van der Waals surface area contributed by atoms with Crippen molar-refractivity contribution in [3.05, 3.63) is 87.0 Å². The maximum atomic E-state index is 12.3. The average molecular weight is 402 g/mol. The number of rotatable bonds is 6. The smallest absolute Gasteiger partial charge is 0.258 e. The molecule has 0 saturated carbocycles. The van der Waals surface area contributed by atoms with E-state index in [1.807, 2.05) is 72.1 Å². The summed E-state index contributed by atoms with van der Waals surface area (Å²) in [6, 6.07) is 21.2. The van der Waals surface area contributed by atoms with Gasteiger partial charge in [-0.05, 0) is 35.2 Å². The zero-order valence-electron chi connectivity index (χ0n) is 12.8. The normalized spacial score (nSPS) is 11.7. The Labute approximate surface area is 153 Å². The van der Waals surface area contributed by atoms with E-state index in [1.54, 1.807) is 11.3 Å². The van der Waals surface area contributed by atoms with Gasteiger partial charge in [0.25, 0.3) is 5.91 Å². The lowest BCUT2D eigenvalue weighted by atomic mass is 10.1. The Balaban J connectivity index is 1.68. The molecule has 122 valence electrons. The summed E-state index contributed by atoms with van der Waals surface area (Å²) in [5.74, 6) is 0.504. The Kier molecular flexibility index (Phi) is 5.67. The number of carbonyl (C=O) groups is 1. The summed E-state index contributed by atoms with van der Waals surface area (Å²) >= 11 is 5.01. The molecule has 24 heavy (non-hydrogen) atoms. The minimum atomic E-state index is -0.162. The summed E-state index contributed by atoms with van der Waals surface area (Å²) in [6.07, 6.45) is 0. The highest BCUT2D eigenvalue weighted by Gasteiger charge is 2.17. The summed E-state index contributed by atoms with van der Waals surface area (Å²) in [5, 5.41) is 5.06. The maximum absolute atomic E-state index is 12.3. The predicted molar refractivity (Wildman–Crippen MR) is 100 cm³/mol. The SMILES string of the molecule is O=C(COc1cccc(Br)c1)N[C@H](c1ccccc1)c1cccs1. The third-order valence-corrected chi connectivity index (χ3v) is 4.86. The van der Waals surface area contributed by atoms with Crippen molar-refractivity contribution in [3.8, 4) is 5.75 Å². The monoisotopic (exact) mass is 401 g/mol. The van der Waals surface area contributed by atoms with E-state index >= 15 is 0 Å². The van der Waals surface area contributed by atoms with Crippen molar-refractivity contribution >= 4 is 33.2 Å². The van der Waals surface area contributed by atoms with E-state index in [2.05, 4.69) is 21.2 Å². The quantitative estimate of drug-likeness (QED) is 0.644.